The number of thiophene rings is 1. The smallest absolute Gasteiger partial charge is 0.239 e. The molecule has 0 aliphatic heterocycles. The van der Waals surface area contributed by atoms with E-state index >= 15 is 0 Å². The summed E-state index contributed by atoms with van der Waals surface area (Å²) in [4.78, 5) is 13.8. The summed E-state index contributed by atoms with van der Waals surface area (Å²) in [5.74, 6) is -0.00847. The maximum absolute atomic E-state index is 12.4. The van der Waals surface area contributed by atoms with Gasteiger partial charge in [0.25, 0.3) is 0 Å². The minimum atomic E-state index is -0.750. The second kappa shape index (κ2) is 6.93. The van der Waals surface area contributed by atoms with Gasteiger partial charge in [-0.1, -0.05) is 38.7 Å². The molecule has 1 amide bonds. The molecular formula is C17H28N2OS. The fraction of sp³-hybridized carbons (Fsp3) is 0.706. The van der Waals surface area contributed by atoms with Crippen LogP contribution in [0.2, 0.25) is 0 Å². The molecule has 0 spiro atoms. The molecule has 1 unspecified atom stereocenters. The summed E-state index contributed by atoms with van der Waals surface area (Å²) in [7, 11) is 0. The van der Waals surface area contributed by atoms with Crippen molar-refractivity contribution in [3.05, 3.63) is 22.4 Å². The van der Waals surface area contributed by atoms with Gasteiger partial charge in [-0.2, -0.15) is 0 Å². The average Bonchev–Trinajstić information content (AvgIpc) is 3.00. The van der Waals surface area contributed by atoms with Gasteiger partial charge in [-0.3, -0.25) is 4.79 Å². The van der Waals surface area contributed by atoms with Crippen LogP contribution >= 0.6 is 11.3 Å². The largest absolute Gasteiger partial charge is 0.354 e. The van der Waals surface area contributed by atoms with Crippen LogP contribution in [-0.2, 0) is 10.2 Å². The highest BCUT2D eigenvalue weighted by Gasteiger charge is 2.36. The summed E-state index contributed by atoms with van der Waals surface area (Å²) in [5.41, 5.74) is 5.52. The van der Waals surface area contributed by atoms with E-state index in [9.17, 15) is 4.79 Å². The van der Waals surface area contributed by atoms with Crippen molar-refractivity contribution in [3.63, 3.8) is 0 Å². The lowest BCUT2D eigenvalue weighted by molar-refractivity contribution is -0.126. The molecule has 3 nitrogen and oxygen atoms in total. The standard InChI is InChI=1S/C17H28N2OS/c1-3-9-16(2,18)15(20)19-13-17(10-5-4-6-11-17)14-8-7-12-21-14/h7-8,12H,3-6,9-11,13,18H2,1-2H3,(H,19,20). The summed E-state index contributed by atoms with van der Waals surface area (Å²) in [6, 6.07) is 4.33. The van der Waals surface area contributed by atoms with Crippen LogP contribution in [0, 0.1) is 0 Å². The molecule has 1 aromatic rings. The number of amides is 1. The molecule has 0 radical (unpaired) electrons. The molecule has 118 valence electrons. The van der Waals surface area contributed by atoms with E-state index < -0.39 is 5.54 Å². The van der Waals surface area contributed by atoms with Gasteiger partial charge in [-0.25, -0.2) is 0 Å². The maximum atomic E-state index is 12.4. The zero-order chi connectivity index (χ0) is 15.3. The third-order valence-electron chi connectivity index (χ3n) is 4.73. The monoisotopic (exact) mass is 308 g/mol. The molecule has 1 aliphatic carbocycles. The van der Waals surface area contributed by atoms with Gasteiger partial charge < -0.3 is 11.1 Å². The Morgan fingerprint density at radius 2 is 2.14 bits per heavy atom. The number of carbonyl (C=O) groups is 1. The fourth-order valence-electron chi connectivity index (χ4n) is 3.40. The molecule has 2 rings (SSSR count). The van der Waals surface area contributed by atoms with Gasteiger partial charge in [0.2, 0.25) is 5.91 Å². The first kappa shape index (κ1) is 16.5. The van der Waals surface area contributed by atoms with E-state index in [0.717, 1.165) is 19.4 Å². The predicted molar refractivity (Wildman–Crippen MR) is 89.6 cm³/mol. The molecular weight excluding hydrogens is 280 g/mol. The van der Waals surface area contributed by atoms with Gasteiger partial charge in [0.05, 0.1) is 5.54 Å². The van der Waals surface area contributed by atoms with Crippen LogP contribution < -0.4 is 11.1 Å². The van der Waals surface area contributed by atoms with Gasteiger partial charge in [-0.05, 0) is 37.6 Å². The van der Waals surface area contributed by atoms with Crippen molar-refractivity contribution in [2.24, 2.45) is 5.73 Å². The van der Waals surface area contributed by atoms with Crippen LogP contribution in [0.5, 0.6) is 0 Å². The maximum Gasteiger partial charge on any atom is 0.239 e. The molecule has 0 saturated heterocycles. The van der Waals surface area contributed by atoms with E-state index in [1.54, 1.807) is 0 Å². The summed E-state index contributed by atoms with van der Waals surface area (Å²) >= 11 is 1.82. The zero-order valence-electron chi connectivity index (χ0n) is 13.3. The number of hydrogen-bond acceptors (Lipinski definition) is 3. The van der Waals surface area contributed by atoms with Crippen LogP contribution in [0.3, 0.4) is 0 Å². The van der Waals surface area contributed by atoms with E-state index in [2.05, 4.69) is 29.8 Å². The lowest BCUT2D eigenvalue weighted by Crippen LogP contribution is -2.54. The van der Waals surface area contributed by atoms with Gasteiger partial charge in [0.1, 0.15) is 0 Å². The number of hydrogen-bond donors (Lipinski definition) is 2. The Morgan fingerprint density at radius 1 is 1.43 bits per heavy atom. The number of carbonyl (C=O) groups excluding carboxylic acids is 1. The molecule has 1 saturated carbocycles. The van der Waals surface area contributed by atoms with E-state index in [0.29, 0.717) is 0 Å². The molecule has 1 heterocycles. The van der Waals surface area contributed by atoms with Gasteiger partial charge >= 0.3 is 0 Å². The number of rotatable bonds is 6. The van der Waals surface area contributed by atoms with E-state index in [4.69, 9.17) is 5.73 Å². The molecule has 1 aromatic heterocycles. The van der Waals surface area contributed by atoms with Gasteiger partial charge in [0.15, 0.2) is 0 Å². The van der Waals surface area contributed by atoms with Crippen LogP contribution in [0.1, 0.15) is 63.7 Å². The van der Waals surface area contributed by atoms with Crippen LogP contribution in [0.25, 0.3) is 0 Å². The van der Waals surface area contributed by atoms with Crippen molar-refractivity contribution in [2.45, 2.75) is 69.7 Å². The van der Waals surface area contributed by atoms with E-state index in [1.807, 2.05) is 18.3 Å². The Hall–Kier alpha value is -0.870. The van der Waals surface area contributed by atoms with Crippen molar-refractivity contribution in [1.29, 1.82) is 0 Å². The van der Waals surface area contributed by atoms with Crippen molar-refractivity contribution in [1.82, 2.24) is 5.32 Å². The average molecular weight is 308 g/mol. The topological polar surface area (TPSA) is 55.1 Å². The van der Waals surface area contributed by atoms with E-state index in [-0.39, 0.29) is 11.3 Å². The van der Waals surface area contributed by atoms with Gasteiger partial charge in [0, 0.05) is 16.8 Å². The Labute approximate surface area is 132 Å². The minimum absolute atomic E-state index is 0.00847. The fourth-order valence-corrected chi connectivity index (χ4v) is 4.39. The van der Waals surface area contributed by atoms with Crippen molar-refractivity contribution in [2.75, 3.05) is 6.54 Å². The molecule has 4 heteroatoms. The molecule has 21 heavy (non-hydrogen) atoms. The van der Waals surface area contributed by atoms with Crippen molar-refractivity contribution in [3.8, 4) is 0 Å². The molecule has 3 N–H and O–H groups in total. The molecule has 1 fully saturated rings. The Bertz CT molecular complexity index is 447. The van der Waals surface area contributed by atoms with Crippen molar-refractivity contribution < 1.29 is 4.79 Å². The molecule has 1 aliphatic rings. The highest BCUT2D eigenvalue weighted by Crippen LogP contribution is 2.41. The lowest BCUT2D eigenvalue weighted by atomic mass is 9.73. The van der Waals surface area contributed by atoms with Crippen LogP contribution in [-0.4, -0.2) is 18.0 Å². The Kier molecular flexibility index (Phi) is 5.44. The zero-order valence-corrected chi connectivity index (χ0v) is 14.1. The lowest BCUT2D eigenvalue weighted by Gasteiger charge is -2.37. The first-order valence-electron chi connectivity index (χ1n) is 8.11. The number of nitrogens with one attached hydrogen (secondary N) is 1. The summed E-state index contributed by atoms with van der Waals surface area (Å²) in [6.45, 7) is 4.63. The number of nitrogens with two attached hydrogens (primary N) is 1. The van der Waals surface area contributed by atoms with Gasteiger partial charge in [-0.15, -0.1) is 11.3 Å². The van der Waals surface area contributed by atoms with Crippen LogP contribution in [0.4, 0.5) is 0 Å². The highest BCUT2D eigenvalue weighted by atomic mass is 32.1. The second-order valence-electron chi connectivity index (χ2n) is 6.67. The van der Waals surface area contributed by atoms with Crippen LogP contribution in [0.15, 0.2) is 17.5 Å². The Balaban J connectivity index is 2.05. The van der Waals surface area contributed by atoms with E-state index in [1.165, 1.54) is 37.0 Å². The summed E-state index contributed by atoms with van der Waals surface area (Å²) < 4.78 is 0. The highest BCUT2D eigenvalue weighted by molar-refractivity contribution is 7.10. The van der Waals surface area contributed by atoms with Crippen molar-refractivity contribution >= 4 is 17.2 Å². The normalized spacial score (nSPS) is 20.7. The summed E-state index contributed by atoms with van der Waals surface area (Å²) in [5, 5.41) is 5.29. The molecule has 1 atom stereocenters. The first-order valence-corrected chi connectivity index (χ1v) is 8.99. The third kappa shape index (κ3) is 3.86. The SMILES string of the molecule is CCCC(C)(N)C(=O)NCC1(c2cccs2)CCCCC1. The third-order valence-corrected chi connectivity index (χ3v) is 5.85. The Morgan fingerprint density at radius 3 is 2.71 bits per heavy atom. The summed E-state index contributed by atoms with van der Waals surface area (Å²) in [6.07, 6.45) is 7.81. The second-order valence-corrected chi connectivity index (χ2v) is 7.62. The molecule has 0 aromatic carbocycles. The quantitative estimate of drug-likeness (QED) is 0.844. The molecule has 0 bridgehead atoms. The minimum Gasteiger partial charge on any atom is -0.354 e. The first-order chi connectivity index (χ1) is 10.0. The predicted octanol–water partition coefficient (Wildman–Crippen LogP) is 3.58.